The van der Waals surface area contributed by atoms with Gasteiger partial charge in [-0.2, -0.15) is 0 Å². The number of carbonyl (C=O) groups is 2. The molecule has 2 N–H and O–H groups in total. The first kappa shape index (κ1) is 26.2. The molecule has 0 spiro atoms. The summed E-state index contributed by atoms with van der Waals surface area (Å²) < 4.78 is 1.74. The van der Waals surface area contributed by atoms with Gasteiger partial charge in [0.05, 0.1) is 27.4 Å². The number of thioether (sulfide) groups is 1. The molecule has 0 aliphatic carbocycles. The van der Waals surface area contributed by atoms with Crippen molar-refractivity contribution in [2.45, 2.75) is 32.0 Å². The van der Waals surface area contributed by atoms with E-state index in [1.807, 2.05) is 39.0 Å². The van der Waals surface area contributed by atoms with Crippen molar-refractivity contribution < 1.29 is 14.5 Å². The molecule has 2 amide bonds. The van der Waals surface area contributed by atoms with Crippen LogP contribution in [0.3, 0.4) is 0 Å². The van der Waals surface area contributed by atoms with E-state index in [1.54, 1.807) is 17.7 Å². The maximum absolute atomic E-state index is 12.8. The van der Waals surface area contributed by atoms with Crippen LogP contribution < -0.4 is 10.6 Å². The standard InChI is InChI=1S/C23H25ClN6O4S/c1-13(2)20(26-22(32)15-7-5-6-14(3)10-15)21-27-28-23(29(21)4)35-12-19(31)25-18-11-16(30(33)34)8-9-17(18)24/h5-11,13,20H,12H2,1-4H3,(H,25,31)(H,26,32)/t20-/m1/s1. The van der Waals surface area contributed by atoms with E-state index < -0.39 is 16.9 Å². The number of benzene rings is 2. The molecule has 0 aliphatic heterocycles. The van der Waals surface area contributed by atoms with E-state index in [1.165, 1.54) is 18.2 Å². The molecule has 0 unspecified atom stereocenters. The molecule has 1 heterocycles. The van der Waals surface area contributed by atoms with Gasteiger partial charge in [-0.15, -0.1) is 10.2 Å². The number of rotatable bonds is 9. The Balaban J connectivity index is 1.68. The van der Waals surface area contributed by atoms with Gasteiger partial charge in [0, 0.05) is 24.7 Å². The second-order valence-electron chi connectivity index (χ2n) is 8.22. The largest absolute Gasteiger partial charge is 0.342 e. The van der Waals surface area contributed by atoms with E-state index >= 15 is 0 Å². The summed E-state index contributed by atoms with van der Waals surface area (Å²) in [4.78, 5) is 35.6. The summed E-state index contributed by atoms with van der Waals surface area (Å²) in [5.74, 6) is -0.0464. The van der Waals surface area contributed by atoms with Gasteiger partial charge < -0.3 is 15.2 Å². The molecule has 3 aromatic rings. The molecule has 0 saturated carbocycles. The number of nitro groups is 1. The lowest BCUT2D eigenvalue weighted by Gasteiger charge is -2.21. The van der Waals surface area contributed by atoms with Crippen LogP contribution in [0.25, 0.3) is 0 Å². The van der Waals surface area contributed by atoms with Crippen molar-refractivity contribution >= 4 is 46.6 Å². The van der Waals surface area contributed by atoms with Gasteiger partial charge in [0.15, 0.2) is 11.0 Å². The molecule has 0 saturated heterocycles. The van der Waals surface area contributed by atoms with Crippen molar-refractivity contribution in [3.05, 3.63) is 74.6 Å². The molecule has 184 valence electrons. The van der Waals surface area contributed by atoms with Gasteiger partial charge in [-0.05, 0) is 31.0 Å². The van der Waals surface area contributed by atoms with Gasteiger partial charge in [0.2, 0.25) is 5.91 Å². The number of anilines is 1. The molecule has 0 fully saturated rings. The number of hydrogen-bond donors (Lipinski definition) is 2. The Morgan fingerprint density at radius 2 is 1.94 bits per heavy atom. The Hall–Kier alpha value is -3.44. The topological polar surface area (TPSA) is 132 Å². The zero-order valence-electron chi connectivity index (χ0n) is 19.6. The fourth-order valence-corrected chi connectivity index (χ4v) is 4.18. The first-order chi connectivity index (χ1) is 16.6. The first-order valence-corrected chi connectivity index (χ1v) is 12.1. The lowest BCUT2D eigenvalue weighted by Crippen LogP contribution is -2.33. The minimum absolute atomic E-state index is 0.0208. The highest BCUT2D eigenvalue weighted by Crippen LogP contribution is 2.28. The average Bonchev–Trinajstić information content (AvgIpc) is 3.16. The van der Waals surface area contributed by atoms with Crippen LogP contribution in [-0.4, -0.2) is 37.3 Å². The number of nitrogens with one attached hydrogen (secondary N) is 2. The Kier molecular flexibility index (Phi) is 8.47. The smallest absolute Gasteiger partial charge is 0.271 e. The predicted octanol–water partition coefficient (Wildman–Crippen LogP) is 4.54. The second-order valence-corrected chi connectivity index (χ2v) is 9.57. The number of non-ortho nitro benzene ring substituents is 1. The monoisotopic (exact) mass is 516 g/mol. The van der Waals surface area contributed by atoms with E-state index in [0.717, 1.165) is 17.3 Å². The van der Waals surface area contributed by atoms with Crippen molar-refractivity contribution in [1.29, 1.82) is 0 Å². The normalized spacial score (nSPS) is 11.8. The minimum Gasteiger partial charge on any atom is -0.342 e. The van der Waals surface area contributed by atoms with Crippen LogP contribution in [0.2, 0.25) is 5.02 Å². The van der Waals surface area contributed by atoms with Crippen molar-refractivity contribution in [1.82, 2.24) is 20.1 Å². The Morgan fingerprint density at radius 3 is 2.60 bits per heavy atom. The molecule has 0 aliphatic rings. The van der Waals surface area contributed by atoms with Crippen molar-refractivity contribution in [2.75, 3.05) is 11.1 Å². The summed E-state index contributed by atoms with van der Waals surface area (Å²) in [6.45, 7) is 5.86. The minimum atomic E-state index is -0.565. The summed E-state index contributed by atoms with van der Waals surface area (Å²) in [6.07, 6.45) is 0. The third kappa shape index (κ3) is 6.58. The highest BCUT2D eigenvalue weighted by atomic mass is 35.5. The summed E-state index contributed by atoms with van der Waals surface area (Å²) in [5.41, 5.74) is 1.52. The number of amides is 2. The number of aromatic nitrogens is 3. The van der Waals surface area contributed by atoms with Gasteiger partial charge in [0.1, 0.15) is 0 Å². The van der Waals surface area contributed by atoms with Crippen LogP contribution in [0, 0.1) is 23.0 Å². The van der Waals surface area contributed by atoms with E-state index in [0.29, 0.717) is 16.5 Å². The van der Waals surface area contributed by atoms with Crippen LogP contribution in [0.1, 0.15) is 41.6 Å². The SMILES string of the molecule is Cc1cccc(C(=O)N[C@@H](c2nnc(SCC(=O)Nc3cc([N+](=O)[O-])ccc3Cl)n2C)C(C)C)c1. The lowest BCUT2D eigenvalue weighted by molar-refractivity contribution is -0.384. The molecule has 35 heavy (non-hydrogen) atoms. The number of carbonyl (C=O) groups excluding carboxylic acids is 2. The Labute approximate surface area is 211 Å². The Morgan fingerprint density at radius 1 is 1.20 bits per heavy atom. The molecule has 1 atom stereocenters. The summed E-state index contributed by atoms with van der Waals surface area (Å²) in [7, 11) is 1.77. The quantitative estimate of drug-likeness (QED) is 0.242. The number of hydrogen-bond acceptors (Lipinski definition) is 7. The van der Waals surface area contributed by atoms with Gasteiger partial charge >= 0.3 is 0 Å². The van der Waals surface area contributed by atoms with Crippen molar-refractivity contribution in [2.24, 2.45) is 13.0 Å². The number of halogens is 1. The first-order valence-electron chi connectivity index (χ1n) is 10.7. The third-order valence-corrected chi connectivity index (χ3v) is 6.50. The van der Waals surface area contributed by atoms with Crippen LogP contribution in [-0.2, 0) is 11.8 Å². The molecular formula is C23H25ClN6O4S. The molecule has 0 radical (unpaired) electrons. The van der Waals surface area contributed by atoms with Gasteiger partial charge in [-0.25, -0.2) is 0 Å². The molecule has 0 bridgehead atoms. The molecule has 2 aromatic carbocycles. The number of nitro benzene ring substituents is 1. The third-order valence-electron chi connectivity index (χ3n) is 5.15. The maximum atomic E-state index is 12.8. The molecular weight excluding hydrogens is 492 g/mol. The van der Waals surface area contributed by atoms with Crippen molar-refractivity contribution in [3.8, 4) is 0 Å². The molecule has 10 nitrogen and oxygen atoms in total. The molecule has 1 aromatic heterocycles. The summed E-state index contributed by atoms with van der Waals surface area (Å²) in [5, 5.41) is 25.7. The lowest BCUT2D eigenvalue weighted by atomic mass is 10.0. The van der Waals surface area contributed by atoms with Gasteiger partial charge in [-0.1, -0.05) is 54.9 Å². The van der Waals surface area contributed by atoms with E-state index in [9.17, 15) is 19.7 Å². The zero-order chi connectivity index (χ0) is 25.7. The number of nitrogens with zero attached hydrogens (tertiary/aromatic N) is 4. The summed E-state index contributed by atoms with van der Waals surface area (Å²) >= 11 is 7.19. The molecule has 12 heteroatoms. The predicted molar refractivity (Wildman–Crippen MR) is 135 cm³/mol. The fourth-order valence-electron chi connectivity index (χ4n) is 3.30. The van der Waals surface area contributed by atoms with Gasteiger partial charge in [0.25, 0.3) is 11.6 Å². The van der Waals surface area contributed by atoms with Crippen LogP contribution in [0.4, 0.5) is 11.4 Å². The zero-order valence-corrected chi connectivity index (χ0v) is 21.2. The van der Waals surface area contributed by atoms with Crippen LogP contribution in [0.5, 0.6) is 0 Å². The Bertz CT molecular complexity index is 1260. The molecule has 3 rings (SSSR count). The van der Waals surface area contributed by atoms with Crippen molar-refractivity contribution in [3.63, 3.8) is 0 Å². The van der Waals surface area contributed by atoms with E-state index in [-0.39, 0.29) is 34.0 Å². The van der Waals surface area contributed by atoms with E-state index in [2.05, 4.69) is 20.8 Å². The second kappa shape index (κ2) is 11.3. The average molecular weight is 517 g/mol. The van der Waals surface area contributed by atoms with Gasteiger partial charge in [-0.3, -0.25) is 19.7 Å². The van der Waals surface area contributed by atoms with E-state index in [4.69, 9.17) is 11.6 Å². The summed E-state index contributed by atoms with van der Waals surface area (Å²) in [6, 6.07) is 10.7. The highest BCUT2D eigenvalue weighted by molar-refractivity contribution is 7.99. The maximum Gasteiger partial charge on any atom is 0.271 e. The van der Waals surface area contributed by atoms with Crippen LogP contribution in [0.15, 0.2) is 47.6 Å². The van der Waals surface area contributed by atoms with Crippen LogP contribution >= 0.6 is 23.4 Å². The number of aryl methyl sites for hydroxylation is 1. The highest BCUT2D eigenvalue weighted by Gasteiger charge is 2.25. The fraction of sp³-hybridized carbons (Fsp3) is 0.304.